The van der Waals surface area contributed by atoms with E-state index in [1.165, 1.54) is 22.3 Å². The lowest BCUT2D eigenvalue weighted by molar-refractivity contribution is -0.113. The van der Waals surface area contributed by atoms with Crippen LogP contribution in [0.2, 0.25) is 0 Å². The molecule has 0 bridgehead atoms. The molecule has 178 valence electrons. The molecular weight excluding hydrogens is 462 g/mol. The van der Waals surface area contributed by atoms with Crippen LogP contribution in [0.4, 0.5) is 5.69 Å². The summed E-state index contributed by atoms with van der Waals surface area (Å²) in [6, 6.07) is 21.1. The third-order valence-electron chi connectivity index (χ3n) is 5.84. The Labute approximate surface area is 206 Å². The van der Waals surface area contributed by atoms with Crippen molar-refractivity contribution < 1.29 is 14.7 Å². The number of para-hydroxylation sites is 2. The molecule has 4 rings (SSSR count). The number of hydrogen-bond donors (Lipinski definition) is 2. The summed E-state index contributed by atoms with van der Waals surface area (Å²) in [6.07, 6.45) is 1.01. The zero-order valence-corrected chi connectivity index (χ0v) is 20.2. The maximum atomic E-state index is 13.4. The number of aromatic carboxylic acids is 1. The number of nitrogens with one attached hydrogen (secondary N) is 1. The van der Waals surface area contributed by atoms with Crippen LogP contribution in [-0.2, 0) is 4.79 Å². The predicted molar refractivity (Wildman–Crippen MR) is 139 cm³/mol. The van der Waals surface area contributed by atoms with Crippen LogP contribution >= 0.6 is 11.8 Å². The largest absolute Gasteiger partial charge is 0.478 e. The standard InChI is InChI=1S/C27H25N3O4S/c1-3-17(2)18-12-14-19(15-13-18)30-25(32)20-8-4-6-10-22(20)29-27(30)35-16-24(31)28-23-11-7-5-9-21(23)26(33)34/h4-15,17H,3,16H2,1-2H3,(H,28,31)(H,33,34). The van der Waals surface area contributed by atoms with Gasteiger partial charge in [0.1, 0.15) is 0 Å². The summed E-state index contributed by atoms with van der Waals surface area (Å²) in [6.45, 7) is 4.28. The summed E-state index contributed by atoms with van der Waals surface area (Å²) < 4.78 is 1.52. The lowest BCUT2D eigenvalue weighted by atomic mass is 9.98. The van der Waals surface area contributed by atoms with Crippen molar-refractivity contribution in [2.24, 2.45) is 0 Å². The first-order valence-electron chi connectivity index (χ1n) is 11.3. The normalized spacial score (nSPS) is 11.8. The Morgan fingerprint density at radius 2 is 1.71 bits per heavy atom. The minimum absolute atomic E-state index is 0.00739. The molecule has 2 N–H and O–H groups in total. The molecule has 1 unspecified atom stereocenters. The molecule has 0 aliphatic rings. The summed E-state index contributed by atoms with van der Waals surface area (Å²) >= 11 is 1.12. The van der Waals surface area contributed by atoms with Gasteiger partial charge in [-0.05, 0) is 54.3 Å². The van der Waals surface area contributed by atoms with E-state index in [0.717, 1.165) is 18.2 Å². The highest BCUT2D eigenvalue weighted by Crippen LogP contribution is 2.24. The number of anilines is 1. The molecule has 7 nitrogen and oxygen atoms in total. The number of carboxylic acids is 1. The molecular formula is C27H25N3O4S. The summed E-state index contributed by atoms with van der Waals surface area (Å²) in [5.74, 6) is -1.17. The van der Waals surface area contributed by atoms with E-state index in [9.17, 15) is 19.5 Å². The van der Waals surface area contributed by atoms with E-state index in [-0.39, 0.29) is 22.6 Å². The Morgan fingerprint density at radius 1 is 1.03 bits per heavy atom. The van der Waals surface area contributed by atoms with E-state index >= 15 is 0 Å². The van der Waals surface area contributed by atoms with Crippen LogP contribution in [0.3, 0.4) is 0 Å². The molecule has 8 heteroatoms. The lowest BCUT2D eigenvalue weighted by Gasteiger charge is -2.15. The number of aromatic nitrogens is 2. The average molecular weight is 488 g/mol. The van der Waals surface area contributed by atoms with Crippen LogP contribution in [0.25, 0.3) is 16.6 Å². The van der Waals surface area contributed by atoms with Crippen molar-refractivity contribution in [3.63, 3.8) is 0 Å². The van der Waals surface area contributed by atoms with Crippen LogP contribution < -0.4 is 10.9 Å². The van der Waals surface area contributed by atoms with E-state index < -0.39 is 11.9 Å². The molecule has 0 fully saturated rings. The zero-order valence-electron chi connectivity index (χ0n) is 19.4. The van der Waals surface area contributed by atoms with Gasteiger partial charge in [0, 0.05) is 0 Å². The van der Waals surface area contributed by atoms with Gasteiger partial charge < -0.3 is 10.4 Å². The van der Waals surface area contributed by atoms with E-state index in [2.05, 4.69) is 24.1 Å². The van der Waals surface area contributed by atoms with Crippen molar-refractivity contribution in [3.05, 3.63) is 94.3 Å². The van der Waals surface area contributed by atoms with Crippen molar-refractivity contribution in [3.8, 4) is 5.69 Å². The van der Waals surface area contributed by atoms with Crippen LogP contribution in [0.5, 0.6) is 0 Å². The fourth-order valence-electron chi connectivity index (χ4n) is 3.72. The molecule has 3 aromatic carbocycles. The predicted octanol–water partition coefficient (Wildman–Crippen LogP) is 5.33. The second-order valence-electron chi connectivity index (χ2n) is 8.14. The Hall–Kier alpha value is -3.91. The number of carbonyl (C=O) groups is 2. The summed E-state index contributed by atoms with van der Waals surface area (Å²) in [5.41, 5.74) is 2.40. The van der Waals surface area contributed by atoms with Gasteiger partial charge in [0.25, 0.3) is 5.56 Å². The van der Waals surface area contributed by atoms with Gasteiger partial charge in [-0.15, -0.1) is 0 Å². The van der Waals surface area contributed by atoms with Crippen molar-refractivity contribution in [2.75, 3.05) is 11.1 Å². The van der Waals surface area contributed by atoms with Gasteiger partial charge in [-0.3, -0.25) is 14.2 Å². The molecule has 1 amide bonds. The van der Waals surface area contributed by atoms with E-state index in [0.29, 0.717) is 27.7 Å². The number of carbonyl (C=O) groups excluding carboxylic acids is 1. The molecule has 0 aliphatic carbocycles. The molecule has 0 saturated carbocycles. The molecule has 1 heterocycles. The summed E-state index contributed by atoms with van der Waals surface area (Å²) in [4.78, 5) is 42.2. The Kier molecular flexibility index (Phi) is 7.31. The van der Waals surface area contributed by atoms with Gasteiger partial charge in [0.05, 0.1) is 33.6 Å². The van der Waals surface area contributed by atoms with Crippen molar-refractivity contribution >= 4 is 40.2 Å². The first kappa shape index (κ1) is 24.2. The highest BCUT2D eigenvalue weighted by atomic mass is 32.2. The monoisotopic (exact) mass is 487 g/mol. The van der Waals surface area contributed by atoms with E-state index in [1.54, 1.807) is 30.3 Å². The lowest BCUT2D eigenvalue weighted by Crippen LogP contribution is -2.23. The molecule has 0 aliphatic heterocycles. The van der Waals surface area contributed by atoms with Gasteiger partial charge >= 0.3 is 5.97 Å². The Morgan fingerprint density at radius 3 is 2.43 bits per heavy atom. The van der Waals surface area contributed by atoms with E-state index in [1.807, 2.05) is 30.3 Å². The number of nitrogens with zero attached hydrogens (tertiary/aromatic N) is 2. The zero-order chi connectivity index (χ0) is 24.9. The number of carboxylic acid groups (broad SMARTS) is 1. The second-order valence-corrected chi connectivity index (χ2v) is 9.08. The SMILES string of the molecule is CCC(C)c1ccc(-n2c(SCC(=O)Nc3ccccc3C(=O)O)nc3ccccc3c2=O)cc1. The summed E-state index contributed by atoms with van der Waals surface area (Å²) in [7, 11) is 0. The molecule has 0 saturated heterocycles. The minimum atomic E-state index is -1.13. The average Bonchev–Trinajstić information content (AvgIpc) is 2.87. The second kappa shape index (κ2) is 10.6. The third-order valence-corrected chi connectivity index (χ3v) is 6.78. The summed E-state index contributed by atoms with van der Waals surface area (Å²) in [5, 5.41) is 12.9. The minimum Gasteiger partial charge on any atom is -0.478 e. The van der Waals surface area contributed by atoms with Crippen molar-refractivity contribution in [2.45, 2.75) is 31.3 Å². The molecule has 0 spiro atoms. The number of thioether (sulfide) groups is 1. The molecule has 35 heavy (non-hydrogen) atoms. The molecule has 0 radical (unpaired) electrons. The van der Waals surface area contributed by atoms with Crippen molar-refractivity contribution in [1.29, 1.82) is 0 Å². The number of fused-ring (bicyclic) bond motifs is 1. The maximum Gasteiger partial charge on any atom is 0.337 e. The first-order valence-corrected chi connectivity index (χ1v) is 12.2. The Balaban J connectivity index is 1.66. The smallest absolute Gasteiger partial charge is 0.337 e. The van der Waals surface area contributed by atoms with Crippen LogP contribution in [0, 0.1) is 0 Å². The van der Waals surface area contributed by atoms with Gasteiger partial charge in [-0.1, -0.05) is 62.0 Å². The fourth-order valence-corrected chi connectivity index (χ4v) is 4.53. The van der Waals surface area contributed by atoms with Gasteiger partial charge in [-0.2, -0.15) is 0 Å². The third kappa shape index (κ3) is 5.27. The van der Waals surface area contributed by atoms with Crippen LogP contribution in [0.1, 0.15) is 42.1 Å². The van der Waals surface area contributed by atoms with Crippen molar-refractivity contribution in [1.82, 2.24) is 9.55 Å². The number of benzene rings is 3. The highest BCUT2D eigenvalue weighted by Gasteiger charge is 2.17. The quantitative estimate of drug-likeness (QED) is 0.257. The van der Waals surface area contributed by atoms with Crippen LogP contribution in [-0.4, -0.2) is 32.3 Å². The molecule has 4 aromatic rings. The maximum absolute atomic E-state index is 13.4. The number of rotatable bonds is 8. The fraction of sp³-hybridized carbons (Fsp3) is 0.185. The number of hydrogen-bond acceptors (Lipinski definition) is 5. The van der Waals surface area contributed by atoms with Crippen LogP contribution in [0.15, 0.2) is 82.7 Å². The molecule has 1 aromatic heterocycles. The highest BCUT2D eigenvalue weighted by molar-refractivity contribution is 7.99. The molecule has 1 atom stereocenters. The first-order chi connectivity index (χ1) is 16.9. The van der Waals surface area contributed by atoms with Gasteiger partial charge in [0.15, 0.2) is 5.16 Å². The topological polar surface area (TPSA) is 101 Å². The number of amides is 1. The Bertz CT molecular complexity index is 1450. The van der Waals surface area contributed by atoms with Gasteiger partial charge in [-0.25, -0.2) is 9.78 Å². The van der Waals surface area contributed by atoms with E-state index in [4.69, 9.17) is 0 Å². The van der Waals surface area contributed by atoms with Gasteiger partial charge in [0.2, 0.25) is 5.91 Å².